The van der Waals surface area contributed by atoms with Crippen molar-refractivity contribution in [3.8, 4) is 34.4 Å². The number of anilines is 1. The Hall–Kier alpha value is -4.51. The quantitative estimate of drug-likeness (QED) is 0.107. The van der Waals surface area contributed by atoms with Crippen molar-refractivity contribution in [2.24, 2.45) is 0 Å². The number of methoxy groups -OCH3 is 1. The number of fused-ring (bicyclic) bond motifs is 6. The highest BCUT2D eigenvalue weighted by atomic mass is 28.3. The Bertz CT molecular complexity index is 2270. The fourth-order valence-electron chi connectivity index (χ4n) is 10.2. The molecular weight excluding hydrogens is 735 g/mol. The molecule has 1 N–H and O–H groups in total. The average Bonchev–Trinajstić information content (AvgIpc) is 3.38. The summed E-state index contributed by atoms with van der Waals surface area (Å²) < 4.78 is 57.6. The number of benzene rings is 2. The first-order valence-electron chi connectivity index (χ1n) is 19.7. The van der Waals surface area contributed by atoms with Crippen molar-refractivity contribution >= 4 is 41.5 Å². The molecule has 0 saturated carbocycles. The lowest BCUT2D eigenvalue weighted by Gasteiger charge is -2.47. The zero-order valence-electron chi connectivity index (χ0n) is 33.3. The van der Waals surface area contributed by atoms with Crippen molar-refractivity contribution in [3.05, 3.63) is 53.2 Å². The van der Waals surface area contributed by atoms with Crippen molar-refractivity contribution < 1.29 is 37.6 Å². The van der Waals surface area contributed by atoms with E-state index in [-0.39, 0.29) is 53.4 Å². The van der Waals surface area contributed by atoms with Gasteiger partial charge in [-0.1, -0.05) is 53.5 Å². The summed E-state index contributed by atoms with van der Waals surface area (Å²) in [5, 5.41) is 12.0. The van der Waals surface area contributed by atoms with Crippen LogP contribution in [0.1, 0.15) is 78.5 Å². The Morgan fingerprint density at radius 1 is 1.04 bits per heavy atom. The number of carboxylic acid groups (broad SMARTS) is 1. The van der Waals surface area contributed by atoms with Gasteiger partial charge in [0.2, 0.25) is 5.88 Å². The molecule has 3 fully saturated rings. The molecule has 0 radical (unpaired) electrons. The molecule has 296 valence electrons. The standard InChI is InChI=1S/C43H50F2N4O6Si/c1-22(2)56(23(3)4,24(5)6)14-13-30-33(44)11-9-26-15-29(54-21-52-8)16-32(36(26)30)39-38(45)31-17-34(27-19-53-20-27)46-41-37(31)42(47-39)55-25(7)40-35-12-10-28(18-48(40)41)49(35)43(50)51/h9,11,15-17,22-25,27-28,35,40H,10,12,18-21H2,1-8H3,(H,50,51). The van der Waals surface area contributed by atoms with Crippen LogP contribution in [0.5, 0.6) is 11.6 Å². The molecule has 4 aromatic rings. The number of ether oxygens (including phenoxy) is 4. The molecule has 4 atom stereocenters. The van der Waals surface area contributed by atoms with Gasteiger partial charge in [0.1, 0.15) is 37.3 Å². The van der Waals surface area contributed by atoms with Gasteiger partial charge in [-0.05, 0) is 66.0 Å². The van der Waals surface area contributed by atoms with Gasteiger partial charge in [0.25, 0.3) is 0 Å². The Labute approximate surface area is 327 Å². The highest BCUT2D eigenvalue weighted by Crippen LogP contribution is 2.48. The van der Waals surface area contributed by atoms with Gasteiger partial charge in [-0.25, -0.2) is 23.5 Å². The molecular formula is C43H50F2N4O6Si. The van der Waals surface area contributed by atoms with Gasteiger partial charge in [-0.15, -0.1) is 5.54 Å². The van der Waals surface area contributed by atoms with Gasteiger partial charge < -0.3 is 29.0 Å². The number of carbonyl (C=O) groups is 1. The van der Waals surface area contributed by atoms with Gasteiger partial charge in [0, 0.05) is 35.9 Å². The van der Waals surface area contributed by atoms with E-state index in [0.29, 0.717) is 81.8 Å². The van der Waals surface area contributed by atoms with Gasteiger partial charge in [0.15, 0.2) is 12.6 Å². The number of halogens is 2. The molecule has 2 aromatic heterocycles. The Kier molecular flexibility index (Phi) is 9.90. The van der Waals surface area contributed by atoms with Crippen LogP contribution in [0.15, 0.2) is 30.3 Å². The summed E-state index contributed by atoms with van der Waals surface area (Å²) in [5.41, 5.74) is 5.74. The maximum Gasteiger partial charge on any atom is 0.407 e. The number of aromatic nitrogens is 2. The fraction of sp³-hybridized carbons (Fsp3) is 0.512. The molecule has 4 unspecified atom stereocenters. The zero-order valence-corrected chi connectivity index (χ0v) is 34.3. The van der Waals surface area contributed by atoms with Crippen molar-refractivity contribution in [1.82, 2.24) is 14.9 Å². The predicted octanol–water partition coefficient (Wildman–Crippen LogP) is 8.87. The molecule has 0 spiro atoms. The number of amides is 1. The normalized spacial score (nSPS) is 21.9. The number of hydrogen-bond acceptors (Lipinski definition) is 8. The van der Waals surface area contributed by atoms with E-state index >= 15 is 8.78 Å². The molecule has 6 heterocycles. The van der Waals surface area contributed by atoms with E-state index in [1.165, 1.54) is 13.2 Å². The first-order valence-corrected chi connectivity index (χ1v) is 22.0. The average molecular weight is 785 g/mol. The Balaban J connectivity index is 1.41. The topological polar surface area (TPSA) is 106 Å². The summed E-state index contributed by atoms with van der Waals surface area (Å²) in [7, 11) is -0.794. The Morgan fingerprint density at radius 2 is 1.77 bits per heavy atom. The number of rotatable bonds is 8. The second-order valence-electron chi connectivity index (χ2n) is 16.8. The van der Waals surface area contributed by atoms with E-state index in [9.17, 15) is 9.90 Å². The first kappa shape index (κ1) is 38.4. The Morgan fingerprint density at radius 3 is 2.41 bits per heavy atom. The lowest BCUT2D eigenvalue weighted by Crippen LogP contribution is -2.64. The summed E-state index contributed by atoms with van der Waals surface area (Å²) >= 11 is 0. The summed E-state index contributed by atoms with van der Waals surface area (Å²) in [4.78, 5) is 26.3. The van der Waals surface area contributed by atoms with Crippen LogP contribution in [0.25, 0.3) is 32.8 Å². The highest BCUT2D eigenvalue weighted by molar-refractivity contribution is 6.90. The molecule has 0 aliphatic carbocycles. The van der Waals surface area contributed by atoms with E-state index in [0.717, 1.165) is 6.42 Å². The monoisotopic (exact) mass is 784 g/mol. The minimum absolute atomic E-state index is 0.0391. The summed E-state index contributed by atoms with van der Waals surface area (Å²) in [6.07, 6.45) is -0.0917. The third-order valence-corrected chi connectivity index (χ3v) is 19.1. The van der Waals surface area contributed by atoms with Gasteiger partial charge >= 0.3 is 6.09 Å². The summed E-state index contributed by atoms with van der Waals surface area (Å²) in [5.74, 6) is 3.29. The van der Waals surface area contributed by atoms with Crippen molar-refractivity contribution in [2.75, 3.05) is 38.6 Å². The van der Waals surface area contributed by atoms with E-state index in [2.05, 4.69) is 57.9 Å². The fourth-order valence-corrected chi connectivity index (χ4v) is 15.4. The van der Waals surface area contributed by atoms with Gasteiger partial charge in [-0.2, -0.15) is 0 Å². The van der Waals surface area contributed by atoms with Crippen molar-refractivity contribution in [3.63, 3.8) is 0 Å². The maximum atomic E-state index is 17.8. The van der Waals surface area contributed by atoms with Crippen LogP contribution >= 0.6 is 0 Å². The van der Waals surface area contributed by atoms with Crippen molar-refractivity contribution in [1.29, 1.82) is 0 Å². The van der Waals surface area contributed by atoms with Crippen LogP contribution in [-0.2, 0) is 9.47 Å². The minimum atomic E-state index is -2.31. The smallest absolute Gasteiger partial charge is 0.407 e. The molecule has 10 nitrogen and oxygen atoms in total. The molecule has 2 aromatic carbocycles. The van der Waals surface area contributed by atoms with E-state index in [1.807, 2.05) is 6.92 Å². The van der Waals surface area contributed by atoms with Gasteiger partial charge in [-0.3, -0.25) is 4.90 Å². The van der Waals surface area contributed by atoms with Crippen LogP contribution in [-0.4, -0.2) is 92.0 Å². The molecule has 56 heavy (non-hydrogen) atoms. The third kappa shape index (κ3) is 5.98. The van der Waals surface area contributed by atoms with Crippen molar-refractivity contribution in [2.45, 2.75) is 108 Å². The minimum Gasteiger partial charge on any atom is -0.472 e. The second kappa shape index (κ2) is 14.5. The van der Waals surface area contributed by atoms with E-state index < -0.39 is 31.9 Å². The van der Waals surface area contributed by atoms with Crippen LogP contribution in [0.4, 0.5) is 19.4 Å². The molecule has 2 bridgehead atoms. The van der Waals surface area contributed by atoms with Crippen LogP contribution in [0.2, 0.25) is 16.6 Å². The molecule has 4 aliphatic heterocycles. The highest BCUT2D eigenvalue weighted by Gasteiger charge is 2.53. The number of hydrogen-bond donors (Lipinski definition) is 1. The maximum absolute atomic E-state index is 17.8. The third-order valence-electron chi connectivity index (χ3n) is 12.8. The molecule has 4 aliphatic rings. The van der Waals surface area contributed by atoms with E-state index in [1.54, 1.807) is 29.2 Å². The second-order valence-corrected chi connectivity index (χ2v) is 22.3. The first-order chi connectivity index (χ1) is 26.8. The predicted molar refractivity (Wildman–Crippen MR) is 214 cm³/mol. The molecule has 8 rings (SSSR count). The lowest BCUT2D eigenvalue weighted by molar-refractivity contribution is 0.00677. The number of nitrogens with zero attached hydrogens (tertiary/aromatic N) is 4. The molecule has 3 saturated heterocycles. The van der Waals surface area contributed by atoms with Gasteiger partial charge in [0.05, 0.1) is 48.0 Å². The van der Waals surface area contributed by atoms with E-state index in [4.69, 9.17) is 28.9 Å². The summed E-state index contributed by atoms with van der Waals surface area (Å²) in [6, 6.07) is 7.31. The summed E-state index contributed by atoms with van der Waals surface area (Å²) in [6.45, 7) is 16.4. The van der Waals surface area contributed by atoms with Crippen LogP contribution in [0, 0.1) is 23.1 Å². The largest absolute Gasteiger partial charge is 0.472 e. The number of piperazine rings is 1. The zero-order chi connectivity index (χ0) is 39.8. The van der Waals surface area contributed by atoms with Crippen LogP contribution in [0.3, 0.4) is 0 Å². The SMILES string of the molecule is COCOc1cc(-c2nc3c4c(nc(C5COC5)cc4c2F)N2CC4CCC(C2C(C)O3)N4C(=O)O)c2c(C#C[Si](C(C)C)(C(C)C)C(C)C)c(F)ccc2c1. The number of pyridine rings is 2. The van der Waals surface area contributed by atoms with Crippen LogP contribution < -0.4 is 14.4 Å². The molecule has 13 heteroatoms. The lowest BCUT2D eigenvalue weighted by atomic mass is 9.94. The molecule has 1 amide bonds.